The minimum atomic E-state index is -0.933. The molecule has 0 aromatic heterocycles. The predicted molar refractivity (Wildman–Crippen MR) is 109 cm³/mol. The molecule has 0 fully saturated rings. The predicted octanol–water partition coefficient (Wildman–Crippen LogP) is 4.89. The monoisotopic (exact) mass is 377 g/mol. The van der Waals surface area contributed by atoms with Gasteiger partial charge in [0.2, 0.25) is 0 Å². The average Bonchev–Trinajstić information content (AvgIpc) is 2.72. The van der Waals surface area contributed by atoms with Crippen LogP contribution in [0.5, 0.6) is 11.5 Å². The number of nitrogens with one attached hydrogen (secondary N) is 1. The van der Waals surface area contributed by atoms with Gasteiger partial charge in [-0.05, 0) is 54.4 Å². The molecule has 0 unspecified atom stereocenters. The number of ether oxygens (including phenoxy) is 2. The van der Waals surface area contributed by atoms with E-state index in [0.29, 0.717) is 24.7 Å². The molecule has 3 rings (SSSR count). The van der Waals surface area contributed by atoms with Crippen molar-refractivity contribution in [2.24, 2.45) is 0 Å². The first kappa shape index (κ1) is 19.3. The van der Waals surface area contributed by atoms with Crippen LogP contribution in [0.4, 0.5) is 5.69 Å². The summed E-state index contributed by atoms with van der Waals surface area (Å²) < 4.78 is 11.4. The van der Waals surface area contributed by atoms with E-state index in [4.69, 9.17) is 14.6 Å². The number of carboxylic acid groups (broad SMARTS) is 1. The van der Waals surface area contributed by atoms with Crippen LogP contribution >= 0.6 is 0 Å². The van der Waals surface area contributed by atoms with Gasteiger partial charge < -0.3 is 19.9 Å². The van der Waals surface area contributed by atoms with Gasteiger partial charge in [-0.15, -0.1) is 0 Å². The van der Waals surface area contributed by atoms with Gasteiger partial charge >= 0.3 is 5.97 Å². The van der Waals surface area contributed by atoms with Crippen LogP contribution in [-0.2, 0) is 13.2 Å². The first-order chi connectivity index (χ1) is 13.5. The van der Waals surface area contributed by atoms with Crippen LogP contribution in [0.2, 0.25) is 0 Å². The number of anilines is 1. The molecule has 0 aliphatic carbocycles. The Labute approximate surface area is 164 Å². The number of rotatable bonds is 8. The van der Waals surface area contributed by atoms with Crippen molar-refractivity contribution in [1.29, 1.82) is 0 Å². The zero-order valence-corrected chi connectivity index (χ0v) is 15.9. The Balaban J connectivity index is 1.61. The molecule has 3 aromatic rings. The molecule has 0 radical (unpaired) electrons. The number of hydrogen-bond acceptors (Lipinski definition) is 4. The highest BCUT2D eigenvalue weighted by Gasteiger charge is 2.07. The van der Waals surface area contributed by atoms with Gasteiger partial charge in [0.05, 0.1) is 12.7 Å². The maximum absolute atomic E-state index is 10.9. The third-order valence-corrected chi connectivity index (χ3v) is 4.37. The molecule has 0 amide bonds. The molecule has 0 saturated heterocycles. The smallest absolute Gasteiger partial charge is 0.335 e. The SMILES string of the molecule is COc1cc(CNc2ccc(C(=O)O)cc2)ccc1OCc1ccc(C)cc1. The normalized spacial score (nSPS) is 10.4. The minimum Gasteiger partial charge on any atom is -0.493 e. The van der Waals surface area contributed by atoms with Crippen molar-refractivity contribution in [3.8, 4) is 11.5 Å². The summed E-state index contributed by atoms with van der Waals surface area (Å²) in [5.74, 6) is 0.433. The highest BCUT2D eigenvalue weighted by atomic mass is 16.5. The number of aryl methyl sites for hydroxylation is 1. The Bertz CT molecular complexity index is 934. The van der Waals surface area contributed by atoms with Gasteiger partial charge in [0, 0.05) is 12.2 Å². The Hall–Kier alpha value is -3.47. The first-order valence-electron chi connectivity index (χ1n) is 8.97. The fourth-order valence-corrected chi connectivity index (χ4v) is 2.72. The van der Waals surface area contributed by atoms with E-state index in [0.717, 1.165) is 16.8 Å². The molecule has 0 aliphatic heterocycles. The number of carboxylic acids is 1. The lowest BCUT2D eigenvalue weighted by atomic mass is 10.1. The van der Waals surface area contributed by atoms with Crippen molar-refractivity contribution in [1.82, 2.24) is 0 Å². The van der Waals surface area contributed by atoms with Crippen molar-refractivity contribution >= 4 is 11.7 Å². The maximum Gasteiger partial charge on any atom is 0.335 e. The summed E-state index contributed by atoms with van der Waals surface area (Å²) in [6, 6.07) is 20.7. The third-order valence-electron chi connectivity index (χ3n) is 4.37. The topological polar surface area (TPSA) is 67.8 Å². The summed E-state index contributed by atoms with van der Waals surface area (Å²) in [4.78, 5) is 10.9. The minimum absolute atomic E-state index is 0.266. The van der Waals surface area contributed by atoms with E-state index >= 15 is 0 Å². The summed E-state index contributed by atoms with van der Waals surface area (Å²) in [6.45, 7) is 3.12. The summed E-state index contributed by atoms with van der Waals surface area (Å²) in [6.07, 6.45) is 0. The fraction of sp³-hybridized carbons (Fsp3) is 0.174. The Morgan fingerprint density at radius 1 is 0.929 bits per heavy atom. The van der Waals surface area contributed by atoms with E-state index in [-0.39, 0.29) is 5.56 Å². The third kappa shape index (κ3) is 5.04. The second kappa shape index (κ2) is 8.95. The van der Waals surface area contributed by atoms with Crippen LogP contribution in [0.15, 0.2) is 66.7 Å². The molecule has 0 heterocycles. The van der Waals surface area contributed by atoms with Crippen LogP contribution in [0.3, 0.4) is 0 Å². The van der Waals surface area contributed by atoms with Gasteiger partial charge in [-0.3, -0.25) is 0 Å². The second-order valence-corrected chi connectivity index (χ2v) is 6.50. The van der Waals surface area contributed by atoms with Gasteiger partial charge in [-0.2, -0.15) is 0 Å². The van der Waals surface area contributed by atoms with E-state index in [1.54, 1.807) is 31.4 Å². The lowest BCUT2D eigenvalue weighted by molar-refractivity contribution is 0.0697. The molecule has 144 valence electrons. The molecule has 28 heavy (non-hydrogen) atoms. The molecule has 5 heteroatoms. The Morgan fingerprint density at radius 3 is 2.25 bits per heavy atom. The van der Waals surface area contributed by atoms with E-state index < -0.39 is 5.97 Å². The largest absolute Gasteiger partial charge is 0.493 e. The molecule has 0 saturated carbocycles. The Kier molecular flexibility index (Phi) is 6.17. The highest BCUT2D eigenvalue weighted by Crippen LogP contribution is 2.29. The number of methoxy groups -OCH3 is 1. The number of benzene rings is 3. The van der Waals surface area contributed by atoms with Gasteiger partial charge in [0.1, 0.15) is 6.61 Å². The van der Waals surface area contributed by atoms with E-state index in [2.05, 4.69) is 36.5 Å². The summed E-state index contributed by atoms with van der Waals surface area (Å²) >= 11 is 0. The number of carbonyl (C=O) groups is 1. The number of hydrogen-bond donors (Lipinski definition) is 2. The first-order valence-corrected chi connectivity index (χ1v) is 8.97. The Morgan fingerprint density at radius 2 is 1.61 bits per heavy atom. The van der Waals surface area contributed by atoms with E-state index in [1.807, 2.05) is 18.2 Å². The average molecular weight is 377 g/mol. The van der Waals surface area contributed by atoms with Crippen LogP contribution in [0, 0.1) is 6.92 Å². The summed E-state index contributed by atoms with van der Waals surface area (Å²) in [5.41, 5.74) is 4.46. The molecule has 0 spiro atoms. The summed E-state index contributed by atoms with van der Waals surface area (Å²) in [5, 5.41) is 12.2. The molecular formula is C23H23NO4. The molecule has 3 aromatic carbocycles. The van der Waals surface area contributed by atoms with Crippen LogP contribution in [0.1, 0.15) is 27.0 Å². The van der Waals surface area contributed by atoms with Crippen molar-refractivity contribution in [3.05, 3.63) is 89.0 Å². The molecule has 5 nitrogen and oxygen atoms in total. The molecule has 0 aliphatic rings. The standard InChI is InChI=1S/C23H23NO4/c1-16-3-5-17(6-4-16)15-28-21-12-7-18(13-22(21)27-2)14-24-20-10-8-19(9-11-20)23(25)26/h3-13,24H,14-15H2,1-2H3,(H,25,26). The van der Waals surface area contributed by atoms with Crippen LogP contribution < -0.4 is 14.8 Å². The van der Waals surface area contributed by atoms with Gasteiger partial charge in [-0.25, -0.2) is 4.79 Å². The lowest BCUT2D eigenvalue weighted by Crippen LogP contribution is -2.02. The molecule has 2 N–H and O–H groups in total. The van der Waals surface area contributed by atoms with Gasteiger partial charge in [0.15, 0.2) is 11.5 Å². The fourth-order valence-electron chi connectivity index (χ4n) is 2.72. The van der Waals surface area contributed by atoms with Gasteiger partial charge in [-0.1, -0.05) is 35.9 Å². The van der Waals surface area contributed by atoms with E-state index in [1.165, 1.54) is 5.56 Å². The molecular weight excluding hydrogens is 354 g/mol. The number of aromatic carboxylic acids is 1. The van der Waals surface area contributed by atoms with Crippen molar-refractivity contribution in [2.75, 3.05) is 12.4 Å². The van der Waals surface area contributed by atoms with E-state index in [9.17, 15) is 4.79 Å². The highest BCUT2D eigenvalue weighted by molar-refractivity contribution is 5.88. The molecule has 0 bridgehead atoms. The van der Waals surface area contributed by atoms with Crippen molar-refractivity contribution in [2.45, 2.75) is 20.1 Å². The zero-order valence-electron chi connectivity index (χ0n) is 15.9. The molecule has 0 atom stereocenters. The lowest BCUT2D eigenvalue weighted by Gasteiger charge is -2.13. The van der Waals surface area contributed by atoms with Crippen LogP contribution in [0.25, 0.3) is 0 Å². The quantitative estimate of drug-likeness (QED) is 0.585. The van der Waals surface area contributed by atoms with Crippen LogP contribution in [-0.4, -0.2) is 18.2 Å². The second-order valence-electron chi connectivity index (χ2n) is 6.50. The summed E-state index contributed by atoms with van der Waals surface area (Å²) in [7, 11) is 1.62. The maximum atomic E-state index is 10.9. The van der Waals surface area contributed by atoms with Crippen molar-refractivity contribution in [3.63, 3.8) is 0 Å². The van der Waals surface area contributed by atoms with Crippen molar-refractivity contribution < 1.29 is 19.4 Å². The zero-order chi connectivity index (χ0) is 19.9. The van der Waals surface area contributed by atoms with Gasteiger partial charge in [0.25, 0.3) is 0 Å².